The van der Waals surface area contributed by atoms with Gasteiger partial charge in [-0.15, -0.1) is 0 Å². The fourth-order valence-corrected chi connectivity index (χ4v) is 5.27. The molecule has 2 atom stereocenters. The number of hydrogen-bond donors (Lipinski definition) is 2. The molecule has 0 spiro atoms. The van der Waals surface area contributed by atoms with Gasteiger partial charge in [-0.1, -0.05) is 60.7 Å². The molecular weight excluding hydrogens is 308 g/mol. The maximum Gasteiger partial charge on any atom is 0.162 e. The van der Waals surface area contributed by atoms with Gasteiger partial charge in [-0.25, -0.2) is 8.42 Å². The standard InChI is InChI=1S/C18H22N2O2S/c21-23(22)13-17(19-11-15-7-3-1-4-8-15)18(14-23)20-12-16-9-5-2-6-10-16/h1-10,17-20H,11-14H2/p+2/t17-,18+. The summed E-state index contributed by atoms with van der Waals surface area (Å²) in [5.41, 5.74) is 2.47. The van der Waals surface area contributed by atoms with Crippen molar-refractivity contribution in [2.75, 3.05) is 11.5 Å². The van der Waals surface area contributed by atoms with Crippen LogP contribution < -0.4 is 10.6 Å². The maximum absolute atomic E-state index is 12.0. The summed E-state index contributed by atoms with van der Waals surface area (Å²) >= 11 is 0. The highest BCUT2D eigenvalue weighted by Gasteiger charge is 2.42. The first-order valence-electron chi connectivity index (χ1n) is 8.07. The van der Waals surface area contributed by atoms with Crippen molar-refractivity contribution in [1.82, 2.24) is 0 Å². The molecule has 1 fully saturated rings. The number of hydrogen-bond acceptors (Lipinski definition) is 2. The first kappa shape index (κ1) is 16.2. The van der Waals surface area contributed by atoms with Crippen molar-refractivity contribution in [3.8, 4) is 0 Å². The Hall–Kier alpha value is -1.69. The van der Waals surface area contributed by atoms with Crippen molar-refractivity contribution in [2.45, 2.75) is 25.2 Å². The minimum absolute atomic E-state index is 0.129. The predicted molar refractivity (Wildman–Crippen MR) is 90.4 cm³/mol. The van der Waals surface area contributed by atoms with Crippen LogP contribution >= 0.6 is 0 Å². The summed E-state index contributed by atoms with van der Waals surface area (Å²) in [5.74, 6) is 0.575. The highest BCUT2D eigenvalue weighted by Crippen LogP contribution is 2.08. The third-order valence-corrected chi connectivity index (χ3v) is 6.23. The maximum atomic E-state index is 12.0. The summed E-state index contributed by atoms with van der Waals surface area (Å²) in [5, 5.41) is 4.37. The van der Waals surface area contributed by atoms with Gasteiger partial charge in [-0.05, 0) is 0 Å². The molecule has 1 aliphatic rings. The van der Waals surface area contributed by atoms with E-state index in [9.17, 15) is 8.42 Å². The summed E-state index contributed by atoms with van der Waals surface area (Å²) in [6.45, 7) is 1.66. The van der Waals surface area contributed by atoms with Crippen molar-refractivity contribution >= 4 is 9.84 Å². The van der Waals surface area contributed by atoms with Crippen molar-refractivity contribution in [3.05, 3.63) is 71.8 Å². The minimum atomic E-state index is -2.92. The first-order valence-corrected chi connectivity index (χ1v) is 9.89. The van der Waals surface area contributed by atoms with Gasteiger partial charge in [0.25, 0.3) is 0 Å². The van der Waals surface area contributed by atoms with E-state index in [2.05, 4.69) is 34.9 Å². The molecule has 2 aromatic carbocycles. The Labute approximate surface area is 137 Å². The molecule has 122 valence electrons. The van der Waals surface area contributed by atoms with Crippen LogP contribution in [0.2, 0.25) is 0 Å². The molecule has 0 aliphatic carbocycles. The number of quaternary nitrogens is 2. The normalized spacial score (nSPS) is 23.0. The summed E-state index contributed by atoms with van der Waals surface area (Å²) in [7, 11) is -2.92. The van der Waals surface area contributed by atoms with Crippen molar-refractivity contribution in [1.29, 1.82) is 0 Å². The average Bonchev–Trinajstić information content (AvgIpc) is 2.87. The van der Waals surface area contributed by atoms with Crippen LogP contribution in [0.4, 0.5) is 0 Å². The smallest absolute Gasteiger partial charge is 0.162 e. The Kier molecular flexibility index (Phi) is 5.10. The average molecular weight is 332 g/mol. The zero-order chi connectivity index (χ0) is 16.1. The van der Waals surface area contributed by atoms with Crippen LogP contribution in [0.1, 0.15) is 11.1 Å². The molecule has 1 saturated heterocycles. The lowest BCUT2D eigenvalue weighted by molar-refractivity contribution is -0.780. The second-order valence-electron chi connectivity index (χ2n) is 6.26. The van der Waals surface area contributed by atoms with E-state index in [-0.39, 0.29) is 23.6 Å². The van der Waals surface area contributed by atoms with Crippen molar-refractivity contribution in [3.63, 3.8) is 0 Å². The Bertz CT molecular complexity index is 660. The van der Waals surface area contributed by atoms with Crippen LogP contribution in [0.15, 0.2) is 60.7 Å². The fourth-order valence-electron chi connectivity index (χ4n) is 3.19. The van der Waals surface area contributed by atoms with Gasteiger partial charge in [0.15, 0.2) is 21.9 Å². The Morgan fingerprint density at radius 2 is 1.13 bits per heavy atom. The molecule has 0 bridgehead atoms. The van der Waals surface area contributed by atoms with Gasteiger partial charge in [-0.3, -0.25) is 0 Å². The molecule has 0 radical (unpaired) electrons. The predicted octanol–water partition coefficient (Wildman–Crippen LogP) is -0.321. The van der Waals surface area contributed by atoms with E-state index in [0.29, 0.717) is 0 Å². The lowest BCUT2D eigenvalue weighted by Gasteiger charge is -2.15. The SMILES string of the molecule is O=S1(=O)C[C@H]([NH2+]Cc2ccccc2)[C@H]([NH2+]Cc2ccccc2)C1. The Morgan fingerprint density at radius 3 is 1.52 bits per heavy atom. The Morgan fingerprint density at radius 1 is 0.739 bits per heavy atom. The highest BCUT2D eigenvalue weighted by atomic mass is 32.2. The second-order valence-corrected chi connectivity index (χ2v) is 8.41. The number of benzene rings is 2. The summed E-state index contributed by atoms with van der Waals surface area (Å²) in [6.07, 6.45) is 0. The molecule has 1 aliphatic heterocycles. The molecule has 1 heterocycles. The second kappa shape index (κ2) is 7.25. The zero-order valence-corrected chi connectivity index (χ0v) is 14.0. The lowest BCUT2D eigenvalue weighted by Crippen LogP contribution is -3.02. The fraction of sp³-hybridized carbons (Fsp3) is 0.333. The van der Waals surface area contributed by atoms with Gasteiger partial charge >= 0.3 is 0 Å². The van der Waals surface area contributed by atoms with Crippen LogP contribution in [0, 0.1) is 0 Å². The molecule has 5 heteroatoms. The van der Waals surface area contributed by atoms with Crippen molar-refractivity contribution in [2.24, 2.45) is 0 Å². The molecule has 2 aromatic rings. The van der Waals surface area contributed by atoms with E-state index in [1.165, 1.54) is 11.1 Å². The van der Waals surface area contributed by atoms with Crippen LogP contribution in [-0.4, -0.2) is 32.0 Å². The summed E-state index contributed by atoms with van der Waals surface area (Å²) in [6, 6.07) is 20.7. The van der Waals surface area contributed by atoms with Gasteiger partial charge in [0.1, 0.15) is 24.6 Å². The third kappa shape index (κ3) is 4.64. The molecule has 0 amide bonds. The van der Waals surface area contributed by atoms with E-state index in [1.54, 1.807) is 0 Å². The van der Waals surface area contributed by atoms with E-state index < -0.39 is 9.84 Å². The van der Waals surface area contributed by atoms with Crippen LogP contribution in [0.25, 0.3) is 0 Å². The topological polar surface area (TPSA) is 67.4 Å². The van der Waals surface area contributed by atoms with Gasteiger partial charge in [-0.2, -0.15) is 0 Å². The molecule has 4 N–H and O–H groups in total. The van der Waals surface area contributed by atoms with Crippen molar-refractivity contribution < 1.29 is 19.1 Å². The number of rotatable bonds is 6. The number of sulfone groups is 1. The molecular formula is C18H24N2O2S+2. The highest BCUT2D eigenvalue weighted by molar-refractivity contribution is 7.91. The first-order chi connectivity index (χ1) is 11.1. The van der Waals surface area contributed by atoms with Crippen LogP contribution in [0.3, 0.4) is 0 Å². The van der Waals surface area contributed by atoms with Crippen LogP contribution in [-0.2, 0) is 22.9 Å². The molecule has 23 heavy (non-hydrogen) atoms. The quantitative estimate of drug-likeness (QED) is 0.761. The van der Waals surface area contributed by atoms with Gasteiger partial charge in [0, 0.05) is 11.1 Å². The summed E-state index contributed by atoms with van der Waals surface area (Å²) in [4.78, 5) is 0. The molecule has 3 rings (SSSR count). The molecule has 0 unspecified atom stereocenters. The Balaban J connectivity index is 1.60. The minimum Gasteiger partial charge on any atom is -0.334 e. The molecule has 4 nitrogen and oxygen atoms in total. The zero-order valence-electron chi connectivity index (χ0n) is 13.1. The lowest BCUT2D eigenvalue weighted by atomic mass is 10.1. The largest absolute Gasteiger partial charge is 0.334 e. The molecule has 0 saturated carbocycles. The van der Waals surface area contributed by atoms with Crippen LogP contribution in [0.5, 0.6) is 0 Å². The van der Waals surface area contributed by atoms with E-state index in [1.807, 2.05) is 36.4 Å². The van der Waals surface area contributed by atoms with E-state index >= 15 is 0 Å². The van der Waals surface area contributed by atoms with Gasteiger partial charge < -0.3 is 10.6 Å². The monoisotopic (exact) mass is 332 g/mol. The van der Waals surface area contributed by atoms with E-state index in [4.69, 9.17) is 0 Å². The third-order valence-electron chi connectivity index (χ3n) is 4.44. The number of nitrogens with two attached hydrogens (primary N) is 2. The van der Waals surface area contributed by atoms with Gasteiger partial charge in [0.2, 0.25) is 0 Å². The van der Waals surface area contributed by atoms with Gasteiger partial charge in [0.05, 0.1) is 0 Å². The van der Waals surface area contributed by atoms with E-state index in [0.717, 1.165) is 13.1 Å². The molecule has 0 aromatic heterocycles. The summed E-state index contributed by atoms with van der Waals surface area (Å²) < 4.78 is 24.1.